The fraction of sp³-hybridized carbons (Fsp3) is 0.286. The number of nitrogens with one attached hydrogen (secondary N) is 1. The van der Waals surface area contributed by atoms with E-state index in [1.54, 1.807) is 18.2 Å². The molecule has 2 bridgehead atoms. The molecule has 1 amide bonds. The molecule has 3 aromatic rings. The molecule has 2 atom stereocenters. The first kappa shape index (κ1) is 25.9. The maximum absolute atomic E-state index is 13.0. The second-order valence-electron chi connectivity index (χ2n) is 9.60. The molecule has 3 fully saturated rings. The third kappa shape index (κ3) is 6.04. The van der Waals surface area contributed by atoms with Crippen molar-refractivity contribution in [3.63, 3.8) is 0 Å². The number of carbonyl (C=O) groups is 2. The van der Waals surface area contributed by atoms with Gasteiger partial charge in [-0.3, -0.25) is 4.90 Å². The SMILES string of the molecule is NS(=O)(=O)c1cccc(C(=O)Oc2cccc([C@@H](NC(=O)O[C@H]3CN4CCC3CC4)c3ccccc3)c2)c1. The van der Waals surface area contributed by atoms with Crippen molar-refractivity contribution in [1.29, 1.82) is 0 Å². The maximum atomic E-state index is 13.0. The zero-order valence-corrected chi connectivity index (χ0v) is 21.5. The number of hydrogen-bond donors (Lipinski definition) is 2. The van der Waals surface area contributed by atoms with Crippen LogP contribution in [0.4, 0.5) is 4.79 Å². The molecule has 3 aliphatic heterocycles. The first-order valence-electron chi connectivity index (χ1n) is 12.5. The van der Waals surface area contributed by atoms with Crippen molar-refractivity contribution in [3.8, 4) is 5.75 Å². The van der Waals surface area contributed by atoms with Crippen molar-refractivity contribution in [2.45, 2.75) is 29.9 Å². The molecule has 198 valence electrons. The Bertz CT molecular complexity index is 1420. The highest BCUT2D eigenvalue weighted by Crippen LogP contribution is 2.30. The van der Waals surface area contributed by atoms with Gasteiger partial charge in [0, 0.05) is 6.54 Å². The summed E-state index contributed by atoms with van der Waals surface area (Å²) in [5.41, 5.74) is 1.56. The fourth-order valence-corrected chi connectivity index (χ4v) is 5.62. The normalized spacial score (nSPS) is 21.3. The minimum atomic E-state index is -3.97. The van der Waals surface area contributed by atoms with Crippen LogP contribution in [0.3, 0.4) is 0 Å². The summed E-state index contributed by atoms with van der Waals surface area (Å²) in [5.74, 6) is -0.114. The van der Waals surface area contributed by atoms with E-state index >= 15 is 0 Å². The van der Waals surface area contributed by atoms with Crippen LogP contribution in [0.25, 0.3) is 0 Å². The lowest BCUT2D eigenvalue weighted by Gasteiger charge is -2.43. The second-order valence-corrected chi connectivity index (χ2v) is 11.2. The fourth-order valence-electron chi connectivity index (χ4n) is 5.06. The van der Waals surface area contributed by atoms with Crippen LogP contribution in [0.5, 0.6) is 5.75 Å². The first-order chi connectivity index (χ1) is 18.3. The highest BCUT2D eigenvalue weighted by molar-refractivity contribution is 7.89. The quantitative estimate of drug-likeness (QED) is 0.350. The van der Waals surface area contributed by atoms with Crippen molar-refractivity contribution < 1.29 is 27.5 Å². The van der Waals surface area contributed by atoms with E-state index in [2.05, 4.69) is 10.2 Å². The Hall–Kier alpha value is -3.73. The number of nitrogens with two attached hydrogens (primary N) is 1. The Morgan fingerprint density at radius 1 is 0.921 bits per heavy atom. The number of amides is 1. The number of rotatable bonds is 7. The Morgan fingerprint density at radius 2 is 1.63 bits per heavy atom. The van der Waals surface area contributed by atoms with Crippen LogP contribution < -0.4 is 15.2 Å². The molecule has 3 saturated heterocycles. The van der Waals surface area contributed by atoms with Gasteiger partial charge in [0.05, 0.1) is 16.5 Å². The molecule has 38 heavy (non-hydrogen) atoms. The predicted octanol–water partition coefficient (Wildman–Crippen LogP) is 3.46. The van der Waals surface area contributed by atoms with Crippen LogP contribution >= 0.6 is 0 Å². The van der Waals surface area contributed by atoms with Gasteiger partial charge < -0.3 is 14.8 Å². The van der Waals surface area contributed by atoms with E-state index in [9.17, 15) is 18.0 Å². The number of sulfonamides is 1. The molecule has 3 aromatic carbocycles. The lowest BCUT2D eigenvalue weighted by Crippen LogP contribution is -2.52. The van der Waals surface area contributed by atoms with E-state index in [-0.39, 0.29) is 22.3 Å². The van der Waals surface area contributed by atoms with Gasteiger partial charge >= 0.3 is 12.1 Å². The summed E-state index contributed by atoms with van der Waals surface area (Å²) in [7, 11) is -3.97. The van der Waals surface area contributed by atoms with Gasteiger partial charge in [0.2, 0.25) is 10.0 Å². The monoisotopic (exact) mass is 535 g/mol. The number of piperidine rings is 3. The predicted molar refractivity (Wildman–Crippen MR) is 140 cm³/mol. The highest BCUT2D eigenvalue weighted by atomic mass is 32.2. The van der Waals surface area contributed by atoms with Crippen molar-refractivity contribution in [1.82, 2.24) is 10.2 Å². The molecule has 0 saturated carbocycles. The first-order valence-corrected chi connectivity index (χ1v) is 14.0. The summed E-state index contributed by atoms with van der Waals surface area (Å²) < 4.78 is 34.7. The number of benzene rings is 3. The zero-order valence-electron chi connectivity index (χ0n) is 20.7. The topological polar surface area (TPSA) is 128 Å². The van der Waals surface area contributed by atoms with Gasteiger partial charge in [0.25, 0.3) is 0 Å². The number of primary sulfonamides is 1. The third-order valence-electron chi connectivity index (χ3n) is 7.05. The summed E-state index contributed by atoms with van der Waals surface area (Å²) in [5, 5.41) is 8.17. The average Bonchev–Trinajstić information content (AvgIpc) is 2.92. The molecule has 3 heterocycles. The van der Waals surface area contributed by atoms with E-state index < -0.39 is 28.1 Å². The number of fused-ring (bicyclic) bond motifs is 3. The third-order valence-corrected chi connectivity index (χ3v) is 7.96. The molecule has 6 rings (SSSR count). The summed E-state index contributed by atoms with van der Waals surface area (Å²) in [4.78, 5) is 27.9. The van der Waals surface area contributed by atoms with Crippen LogP contribution in [0.1, 0.15) is 40.4 Å². The van der Waals surface area contributed by atoms with Crippen LogP contribution in [0.2, 0.25) is 0 Å². The molecule has 9 nitrogen and oxygen atoms in total. The van der Waals surface area contributed by atoms with Crippen LogP contribution in [0, 0.1) is 5.92 Å². The molecular weight excluding hydrogens is 506 g/mol. The molecule has 3 N–H and O–H groups in total. The molecule has 0 radical (unpaired) electrons. The van der Waals surface area contributed by atoms with Gasteiger partial charge in [0.1, 0.15) is 11.9 Å². The van der Waals surface area contributed by atoms with Crippen molar-refractivity contribution in [2.75, 3.05) is 19.6 Å². The Labute approximate surface area is 221 Å². The number of hydrogen-bond acceptors (Lipinski definition) is 7. The smallest absolute Gasteiger partial charge is 0.408 e. The van der Waals surface area contributed by atoms with E-state index in [0.29, 0.717) is 11.5 Å². The lowest BCUT2D eigenvalue weighted by molar-refractivity contribution is -0.0336. The summed E-state index contributed by atoms with van der Waals surface area (Å²) >= 11 is 0. The Balaban J connectivity index is 1.34. The summed E-state index contributed by atoms with van der Waals surface area (Å²) in [6.07, 6.45) is 1.44. The minimum Gasteiger partial charge on any atom is -0.445 e. The van der Waals surface area contributed by atoms with Crippen molar-refractivity contribution >= 4 is 22.1 Å². The Morgan fingerprint density at radius 3 is 2.32 bits per heavy atom. The molecule has 0 spiro atoms. The number of ether oxygens (including phenoxy) is 2. The highest BCUT2D eigenvalue weighted by Gasteiger charge is 2.36. The minimum absolute atomic E-state index is 0.0424. The molecule has 3 aliphatic rings. The van der Waals surface area contributed by atoms with Crippen LogP contribution in [-0.4, -0.2) is 51.1 Å². The summed E-state index contributed by atoms with van der Waals surface area (Å²) in [6.45, 7) is 2.86. The average molecular weight is 536 g/mol. The zero-order chi connectivity index (χ0) is 26.7. The molecule has 0 aliphatic carbocycles. The van der Waals surface area contributed by atoms with E-state index in [1.807, 2.05) is 36.4 Å². The Kier molecular flexibility index (Phi) is 7.46. The number of esters is 1. The van der Waals surface area contributed by atoms with Crippen molar-refractivity contribution in [2.24, 2.45) is 11.1 Å². The van der Waals surface area contributed by atoms with Gasteiger partial charge in [-0.25, -0.2) is 23.1 Å². The van der Waals surface area contributed by atoms with Gasteiger partial charge in [-0.1, -0.05) is 48.5 Å². The van der Waals surface area contributed by atoms with E-state index in [1.165, 1.54) is 24.3 Å². The second kappa shape index (κ2) is 10.9. The number of carbonyl (C=O) groups excluding carboxylic acids is 2. The maximum Gasteiger partial charge on any atom is 0.408 e. The molecule has 10 heteroatoms. The standard InChI is InChI=1S/C28H29N3O6S/c29-38(34,35)24-11-5-9-22(17-24)27(32)36-23-10-4-8-21(16-23)26(20-6-2-1-3-7-20)30-28(33)37-25-18-31-14-12-19(25)13-15-31/h1-11,16-17,19,25-26H,12-15,18H2,(H,30,33)(H2,29,34,35)/t25-,26-/m0/s1. The van der Waals surface area contributed by atoms with Crippen molar-refractivity contribution in [3.05, 3.63) is 95.6 Å². The van der Waals surface area contributed by atoms with Crippen LogP contribution in [0.15, 0.2) is 83.8 Å². The van der Waals surface area contributed by atoms with Crippen LogP contribution in [-0.2, 0) is 14.8 Å². The van der Waals surface area contributed by atoms with Gasteiger partial charge in [0.15, 0.2) is 0 Å². The molecule has 0 unspecified atom stereocenters. The lowest BCUT2D eigenvalue weighted by atomic mass is 9.86. The molecular formula is C28H29N3O6S. The van der Waals surface area contributed by atoms with Gasteiger partial charge in [-0.2, -0.15) is 0 Å². The number of nitrogens with zero attached hydrogens (tertiary/aromatic N) is 1. The van der Waals surface area contributed by atoms with Gasteiger partial charge in [-0.05, 0) is 73.3 Å². The summed E-state index contributed by atoms with van der Waals surface area (Å²) in [6, 6.07) is 21.0. The largest absolute Gasteiger partial charge is 0.445 e. The number of alkyl carbamates (subject to hydrolysis) is 1. The molecule has 0 aromatic heterocycles. The van der Waals surface area contributed by atoms with E-state index in [0.717, 1.165) is 38.0 Å². The van der Waals surface area contributed by atoms with E-state index in [4.69, 9.17) is 14.6 Å². The van der Waals surface area contributed by atoms with Gasteiger partial charge in [-0.15, -0.1) is 0 Å².